The lowest BCUT2D eigenvalue weighted by molar-refractivity contribution is -0.141. The minimum atomic E-state index is -0.375. The molecule has 0 radical (unpaired) electrons. The number of allylic oxidation sites excluding steroid dienone is 2. The number of nitrogens with one attached hydrogen (secondary N) is 2. The number of ether oxygens (including phenoxy) is 2. The van der Waals surface area contributed by atoms with Crippen LogP contribution in [0.25, 0.3) is 0 Å². The molecule has 3 rings (SSSR count). The molecule has 2 atom stereocenters. The van der Waals surface area contributed by atoms with Crippen LogP contribution in [0.5, 0.6) is 0 Å². The number of likely N-dealkylation sites (N-methyl/N-ethyl adjacent to an activating group) is 1. The van der Waals surface area contributed by atoms with Crippen LogP contribution in [0.4, 0.5) is 0 Å². The average molecular weight is 592 g/mol. The third-order valence-electron chi connectivity index (χ3n) is 6.72. The topological polar surface area (TPSA) is 97.0 Å². The van der Waals surface area contributed by atoms with Gasteiger partial charge in [0.2, 0.25) is 5.91 Å². The Morgan fingerprint density at radius 3 is 1.78 bits per heavy atom. The van der Waals surface area contributed by atoms with Gasteiger partial charge >= 0.3 is 11.9 Å². The lowest BCUT2D eigenvalue weighted by Crippen LogP contribution is -2.45. The SMILES string of the molecule is CC1=C(C(=O)OCC(C)C)CC(C(=O)OCC(C)C)=C(C)N1.CN1C(=O)[C@@H](Cc2ccccc2)N[C@H]1C(C)(C)C.Cl. The normalized spacial score (nSPS) is 19.0. The van der Waals surface area contributed by atoms with Crippen molar-refractivity contribution >= 4 is 30.3 Å². The molecule has 2 heterocycles. The van der Waals surface area contributed by atoms with Crippen molar-refractivity contribution in [3.8, 4) is 0 Å². The standard InChI is InChI=1S/C17H27NO4.C15H22N2O.ClH/c1-10(2)8-21-16(19)14-7-15(13(6)18-12(14)5)17(20)22-9-11(3)4;1-15(2,3)14-16-12(13(18)17(14)4)10-11-8-6-5-7-9-11;/h10-11,18H,7-9H2,1-6H3;5-9,12,14,16H,10H2,1-4H3;1H/t;12-,14-;/m.1./s1. The highest BCUT2D eigenvalue weighted by atomic mass is 35.5. The largest absolute Gasteiger partial charge is 0.462 e. The number of esters is 2. The quantitative estimate of drug-likeness (QED) is 0.392. The fraction of sp³-hybridized carbons (Fsp3) is 0.594. The lowest BCUT2D eigenvalue weighted by atomic mass is 9.92. The molecule has 1 saturated heterocycles. The second-order valence-electron chi connectivity index (χ2n) is 12.6. The first-order chi connectivity index (χ1) is 18.6. The molecule has 0 unspecified atom stereocenters. The Kier molecular flexibility index (Phi) is 14.1. The van der Waals surface area contributed by atoms with Gasteiger partial charge in [-0.15, -0.1) is 12.4 Å². The van der Waals surface area contributed by atoms with Crippen LogP contribution in [0.2, 0.25) is 0 Å². The molecule has 0 aromatic heterocycles. The van der Waals surface area contributed by atoms with Crippen molar-refractivity contribution in [3.63, 3.8) is 0 Å². The van der Waals surface area contributed by atoms with Gasteiger partial charge in [-0.2, -0.15) is 0 Å². The van der Waals surface area contributed by atoms with E-state index in [2.05, 4.69) is 43.5 Å². The third kappa shape index (κ3) is 10.8. The number of nitrogens with zero attached hydrogens (tertiary/aromatic N) is 1. The van der Waals surface area contributed by atoms with E-state index < -0.39 is 0 Å². The summed E-state index contributed by atoms with van der Waals surface area (Å²) in [5.74, 6) is -0.0113. The molecule has 1 amide bonds. The highest BCUT2D eigenvalue weighted by molar-refractivity contribution is 5.96. The summed E-state index contributed by atoms with van der Waals surface area (Å²) in [6.07, 6.45) is 1.12. The van der Waals surface area contributed by atoms with Crippen LogP contribution in [-0.2, 0) is 30.3 Å². The van der Waals surface area contributed by atoms with Gasteiger partial charge in [0.05, 0.1) is 36.6 Å². The Morgan fingerprint density at radius 2 is 1.39 bits per heavy atom. The van der Waals surface area contributed by atoms with Crippen LogP contribution in [0.3, 0.4) is 0 Å². The smallest absolute Gasteiger partial charge is 0.336 e. The fourth-order valence-corrected chi connectivity index (χ4v) is 4.56. The molecule has 0 spiro atoms. The highest BCUT2D eigenvalue weighted by Crippen LogP contribution is 2.27. The molecule has 230 valence electrons. The van der Waals surface area contributed by atoms with Crippen LogP contribution in [-0.4, -0.2) is 55.2 Å². The zero-order chi connectivity index (χ0) is 30.2. The third-order valence-corrected chi connectivity index (χ3v) is 6.72. The van der Waals surface area contributed by atoms with E-state index in [9.17, 15) is 14.4 Å². The molecule has 41 heavy (non-hydrogen) atoms. The van der Waals surface area contributed by atoms with E-state index in [1.54, 1.807) is 0 Å². The van der Waals surface area contributed by atoms with Gasteiger partial charge in [-0.05, 0) is 43.1 Å². The Hall–Kier alpha value is -2.84. The molecule has 0 aliphatic carbocycles. The van der Waals surface area contributed by atoms with E-state index in [0.29, 0.717) is 24.4 Å². The van der Waals surface area contributed by atoms with Crippen LogP contribution >= 0.6 is 12.4 Å². The average Bonchev–Trinajstić information content (AvgIpc) is 3.16. The molecular formula is C32H50ClN3O5. The van der Waals surface area contributed by atoms with Crippen molar-refractivity contribution < 1.29 is 23.9 Å². The van der Waals surface area contributed by atoms with E-state index in [0.717, 1.165) is 17.8 Å². The predicted octanol–water partition coefficient (Wildman–Crippen LogP) is 5.38. The summed E-state index contributed by atoms with van der Waals surface area (Å²) < 4.78 is 10.5. The maximum Gasteiger partial charge on any atom is 0.336 e. The first-order valence-corrected chi connectivity index (χ1v) is 14.2. The first-order valence-electron chi connectivity index (χ1n) is 14.2. The van der Waals surface area contributed by atoms with Gasteiger partial charge in [-0.3, -0.25) is 10.1 Å². The van der Waals surface area contributed by atoms with Gasteiger partial charge in [-0.1, -0.05) is 78.8 Å². The summed E-state index contributed by atoms with van der Waals surface area (Å²) in [6, 6.07) is 10.1. The number of amides is 1. The number of benzene rings is 1. The fourth-order valence-electron chi connectivity index (χ4n) is 4.56. The lowest BCUT2D eigenvalue weighted by Gasteiger charge is -2.32. The summed E-state index contributed by atoms with van der Waals surface area (Å²) in [7, 11) is 1.89. The highest BCUT2D eigenvalue weighted by Gasteiger charge is 2.42. The molecular weight excluding hydrogens is 542 g/mol. The van der Waals surface area contributed by atoms with Gasteiger partial charge in [0.1, 0.15) is 0 Å². The monoisotopic (exact) mass is 591 g/mol. The second kappa shape index (κ2) is 16.0. The Labute approximate surface area is 252 Å². The summed E-state index contributed by atoms with van der Waals surface area (Å²) in [5, 5.41) is 6.53. The molecule has 1 aromatic carbocycles. The van der Waals surface area contributed by atoms with E-state index in [1.807, 2.05) is 71.7 Å². The Morgan fingerprint density at radius 1 is 0.927 bits per heavy atom. The van der Waals surface area contributed by atoms with Crippen LogP contribution in [0, 0.1) is 17.3 Å². The molecule has 8 nitrogen and oxygen atoms in total. The van der Waals surface area contributed by atoms with Gasteiger partial charge in [-0.25, -0.2) is 9.59 Å². The number of hydrogen-bond donors (Lipinski definition) is 2. The van der Waals surface area contributed by atoms with Gasteiger partial charge in [0, 0.05) is 24.9 Å². The molecule has 0 bridgehead atoms. The zero-order valence-electron chi connectivity index (χ0n) is 26.4. The summed E-state index contributed by atoms with van der Waals surface area (Å²) in [4.78, 5) is 38.4. The zero-order valence-corrected chi connectivity index (χ0v) is 27.2. The summed E-state index contributed by atoms with van der Waals surface area (Å²) in [6.45, 7) is 18.7. The molecule has 1 aromatic rings. The van der Waals surface area contributed by atoms with Crippen molar-refractivity contribution in [1.82, 2.24) is 15.5 Å². The van der Waals surface area contributed by atoms with Gasteiger partial charge in [0.15, 0.2) is 0 Å². The van der Waals surface area contributed by atoms with Crippen molar-refractivity contribution in [3.05, 3.63) is 58.4 Å². The van der Waals surface area contributed by atoms with E-state index in [1.165, 1.54) is 5.56 Å². The van der Waals surface area contributed by atoms with Crippen molar-refractivity contribution in [2.75, 3.05) is 20.3 Å². The first kappa shape index (κ1) is 36.2. The van der Waals surface area contributed by atoms with Gasteiger partial charge in [0.25, 0.3) is 0 Å². The van der Waals surface area contributed by atoms with E-state index >= 15 is 0 Å². The number of carbonyl (C=O) groups is 3. The van der Waals surface area contributed by atoms with Crippen molar-refractivity contribution in [2.45, 2.75) is 87.4 Å². The Balaban J connectivity index is 0.000000407. The van der Waals surface area contributed by atoms with E-state index in [-0.39, 0.29) is 66.1 Å². The number of halogens is 1. The molecule has 2 aliphatic rings. The number of hydrogen-bond acceptors (Lipinski definition) is 7. The van der Waals surface area contributed by atoms with E-state index in [4.69, 9.17) is 9.47 Å². The maximum atomic E-state index is 12.2. The minimum Gasteiger partial charge on any atom is -0.462 e. The van der Waals surface area contributed by atoms with Crippen molar-refractivity contribution in [2.24, 2.45) is 17.3 Å². The van der Waals surface area contributed by atoms with Crippen molar-refractivity contribution in [1.29, 1.82) is 0 Å². The second-order valence-corrected chi connectivity index (χ2v) is 12.6. The predicted molar refractivity (Wildman–Crippen MR) is 165 cm³/mol. The van der Waals surface area contributed by atoms with Crippen LogP contribution in [0.1, 0.15) is 74.3 Å². The van der Waals surface area contributed by atoms with Gasteiger partial charge < -0.3 is 19.7 Å². The number of dihydropyridines is 1. The number of carbonyl (C=O) groups excluding carboxylic acids is 3. The summed E-state index contributed by atoms with van der Waals surface area (Å²) >= 11 is 0. The number of rotatable bonds is 8. The van der Waals surface area contributed by atoms with Crippen LogP contribution in [0.15, 0.2) is 52.9 Å². The molecule has 2 aliphatic heterocycles. The molecule has 2 N–H and O–H groups in total. The molecule has 1 fully saturated rings. The molecule has 0 saturated carbocycles. The maximum absolute atomic E-state index is 12.2. The van der Waals surface area contributed by atoms with Crippen LogP contribution < -0.4 is 10.6 Å². The minimum absolute atomic E-state index is 0. The summed E-state index contributed by atoms with van der Waals surface area (Å²) in [5.41, 5.74) is 3.69. The Bertz CT molecular complexity index is 1060. The molecule has 9 heteroatoms.